The monoisotopic (exact) mass is 265 g/mol. The van der Waals surface area contributed by atoms with Gasteiger partial charge in [-0.05, 0) is 42.9 Å². The molecule has 0 aromatic carbocycles. The second kappa shape index (κ2) is 6.98. The Balaban J connectivity index is 1.94. The Kier molecular flexibility index (Phi) is 5.31. The van der Waals surface area contributed by atoms with Gasteiger partial charge in [0.05, 0.1) is 7.05 Å². The Morgan fingerprint density at radius 1 is 1.32 bits per heavy atom. The molecule has 5 heteroatoms. The molecule has 1 aromatic heterocycles. The second-order valence-corrected chi connectivity index (χ2v) is 5.98. The molecular weight excluding hydrogens is 238 g/mol. The van der Waals surface area contributed by atoms with Crippen molar-refractivity contribution in [2.45, 2.75) is 58.4 Å². The van der Waals surface area contributed by atoms with Crippen molar-refractivity contribution in [2.75, 3.05) is 6.54 Å². The van der Waals surface area contributed by atoms with Gasteiger partial charge >= 0.3 is 0 Å². The van der Waals surface area contributed by atoms with Crippen molar-refractivity contribution < 1.29 is 0 Å². The number of rotatable bonds is 6. The molecule has 1 N–H and O–H groups in total. The summed E-state index contributed by atoms with van der Waals surface area (Å²) in [7, 11) is 1.83. The molecule has 0 amide bonds. The van der Waals surface area contributed by atoms with Gasteiger partial charge in [-0.1, -0.05) is 26.7 Å². The Labute approximate surface area is 116 Å². The van der Waals surface area contributed by atoms with Gasteiger partial charge in [-0.2, -0.15) is 4.80 Å². The molecule has 0 saturated heterocycles. The highest BCUT2D eigenvalue weighted by atomic mass is 15.6. The predicted octanol–water partition coefficient (Wildman–Crippen LogP) is 1.95. The van der Waals surface area contributed by atoms with Crippen LogP contribution in [0.1, 0.15) is 51.8 Å². The highest BCUT2D eigenvalue weighted by Crippen LogP contribution is 2.31. The molecule has 5 nitrogen and oxygen atoms in total. The van der Waals surface area contributed by atoms with Crippen LogP contribution in [0.25, 0.3) is 0 Å². The Bertz CT molecular complexity index is 368. The van der Waals surface area contributed by atoms with Crippen LogP contribution < -0.4 is 5.32 Å². The minimum Gasteiger partial charge on any atom is -0.313 e. The summed E-state index contributed by atoms with van der Waals surface area (Å²) in [6, 6.07) is 0.511. The van der Waals surface area contributed by atoms with E-state index in [9.17, 15) is 0 Å². The normalized spacial score (nSPS) is 25.4. The molecule has 1 aromatic rings. The molecule has 1 atom stereocenters. The highest BCUT2D eigenvalue weighted by Gasteiger charge is 2.26. The third-order valence-corrected chi connectivity index (χ3v) is 4.24. The number of hydrogen-bond donors (Lipinski definition) is 1. The number of hydrogen-bond acceptors (Lipinski definition) is 4. The number of aryl methyl sites for hydroxylation is 1. The Hall–Kier alpha value is -0.970. The van der Waals surface area contributed by atoms with Crippen LogP contribution in [0.3, 0.4) is 0 Å². The van der Waals surface area contributed by atoms with Crippen molar-refractivity contribution in [2.24, 2.45) is 18.9 Å². The fourth-order valence-electron chi connectivity index (χ4n) is 3.03. The maximum Gasteiger partial charge on any atom is 0.176 e. The van der Waals surface area contributed by atoms with E-state index >= 15 is 0 Å². The van der Waals surface area contributed by atoms with Crippen LogP contribution in [-0.2, 0) is 13.5 Å². The molecule has 2 rings (SSSR count). The summed E-state index contributed by atoms with van der Waals surface area (Å²) in [5, 5.41) is 16.1. The summed E-state index contributed by atoms with van der Waals surface area (Å²) in [6.45, 7) is 5.67. The van der Waals surface area contributed by atoms with Crippen molar-refractivity contribution in [3.8, 4) is 0 Å². The molecule has 108 valence electrons. The van der Waals surface area contributed by atoms with E-state index < -0.39 is 0 Å². The lowest BCUT2D eigenvalue weighted by Crippen LogP contribution is -2.40. The third kappa shape index (κ3) is 4.27. The minimum absolute atomic E-state index is 0.511. The minimum atomic E-state index is 0.511. The number of nitrogens with one attached hydrogen (secondary N) is 1. The van der Waals surface area contributed by atoms with Crippen LogP contribution in [0.2, 0.25) is 0 Å². The number of nitrogens with zero attached hydrogens (tertiary/aromatic N) is 4. The maximum atomic E-state index is 4.32. The average molecular weight is 265 g/mol. The highest BCUT2D eigenvalue weighted by molar-refractivity contribution is 4.90. The van der Waals surface area contributed by atoms with Crippen molar-refractivity contribution in [3.63, 3.8) is 0 Å². The van der Waals surface area contributed by atoms with E-state index in [4.69, 9.17) is 0 Å². The molecule has 1 aliphatic carbocycles. The predicted molar refractivity (Wildman–Crippen MR) is 75.7 cm³/mol. The third-order valence-electron chi connectivity index (χ3n) is 4.24. The first-order chi connectivity index (χ1) is 9.19. The van der Waals surface area contributed by atoms with Gasteiger partial charge < -0.3 is 5.32 Å². The lowest BCUT2D eigenvalue weighted by molar-refractivity contribution is 0.227. The van der Waals surface area contributed by atoms with Gasteiger partial charge in [0.25, 0.3) is 0 Å². The van der Waals surface area contributed by atoms with E-state index in [2.05, 4.69) is 34.6 Å². The van der Waals surface area contributed by atoms with Crippen LogP contribution in [-0.4, -0.2) is 32.8 Å². The lowest BCUT2D eigenvalue weighted by atomic mass is 9.78. The number of tetrazole rings is 1. The van der Waals surface area contributed by atoms with Crippen LogP contribution in [0.15, 0.2) is 0 Å². The molecule has 1 saturated carbocycles. The molecule has 0 spiro atoms. The standard InChI is InChI=1S/C14H27N5/c1-4-9-15-13(10-14-16-18-19(3)17-14)12-7-5-11(2)6-8-12/h11-13,15H,4-10H2,1-3H3. The smallest absolute Gasteiger partial charge is 0.176 e. The topological polar surface area (TPSA) is 55.6 Å². The molecule has 0 radical (unpaired) electrons. The molecule has 0 aliphatic heterocycles. The first kappa shape index (κ1) is 14.4. The van der Waals surface area contributed by atoms with Gasteiger partial charge in [0, 0.05) is 12.5 Å². The van der Waals surface area contributed by atoms with Gasteiger partial charge in [0.15, 0.2) is 5.82 Å². The van der Waals surface area contributed by atoms with Crippen LogP contribution in [0, 0.1) is 11.8 Å². The summed E-state index contributed by atoms with van der Waals surface area (Å²) in [5.74, 6) is 2.54. The van der Waals surface area contributed by atoms with Crippen LogP contribution >= 0.6 is 0 Å². The van der Waals surface area contributed by atoms with E-state index in [0.717, 1.165) is 30.6 Å². The second-order valence-electron chi connectivity index (χ2n) is 5.98. The first-order valence-corrected chi connectivity index (χ1v) is 7.65. The van der Waals surface area contributed by atoms with Crippen LogP contribution in [0.4, 0.5) is 0 Å². The summed E-state index contributed by atoms with van der Waals surface area (Å²) < 4.78 is 0. The van der Waals surface area contributed by atoms with Crippen molar-refractivity contribution in [3.05, 3.63) is 5.82 Å². The summed E-state index contributed by atoms with van der Waals surface area (Å²) >= 11 is 0. The van der Waals surface area contributed by atoms with E-state index in [0.29, 0.717) is 6.04 Å². The molecule has 0 bridgehead atoms. The zero-order chi connectivity index (χ0) is 13.7. The zero-order valence-corrected chi connectivity index (χ0v) is 12.5. The molecule has 19 heavy (non-hydrogen) atoms. The van der Waals surface area contributed by atoms with Gasteiger partial charge in [0.2, 0.25) is 0 Å². The zero-order valence-electron chi connectivity index (χ0n) is 12.5. The van der Waals surface area contributed by atoms with E-state index in [1.54, 1.807) is 4.80 Å². The molecular formula is C14H27N5. The summed E-state index contributed by atoms with van der Waals surface area (Å²) in [4.78, 5) is 1.55. The SMILES string of the molecule is CCCNC(Cc1nnn(C)n1)C1CCC(C)CC1. The fourth-order valence-corrected chi connectivity index (χ4v) is 3.03. The van der Waals surface area contributed by atoms with E-state index in [1.165, 1.54) is 32.1 Å². The largest absolute Gasteiger partial charge is 0.313 e. The number of aromatic nitrogens is 4. The Morgan fingerprint density at radius 2 is 2.05 bits per heavy atom. The van der Waals surface area contributed by atoms with Gasteiger partial charge in [0.1, 0.15) is 0 Å². The van der Waals surface area contributed by atoms with Crippen molar-refractivity contribution >= 4 is 0 Å². The van der Waals surface area contributed by atoms with Crippen molar-refractivity contribution in [1.82, 2.24) is 25.5 Å². The lowest BCUT2D eigenvalue weighted by Gasteiger charge is -2.33. The maximum absolute atomic E-state index is 4.32. The molecule has 1 fully saturated rings. The van der Waals surface area contributed by atoms with Gasteiger partial charge in [-0.25, -0.2) is 0 Å². The van der Waals surface area contributed by atoms with Gasteiger partial charge in [-0.3, -0.25) is 0 Å². The molecule has 1 heterocycles. The van der Waals surface area contributed by atoms with Crippen LogP contribution in [0.5, 0.6) is 0 Å². The average Bonchev–Trinajstić information content (AvgIpc) is 2.81. The molecule has 1 unspecified atom stereocenters. The molecule has 1 aliphatic rings. The summed E-state index contributed by atoms with van der Waals surface area (Å²) in [6.07, 6.45) is 7.48. The quantitative estimate of drug-likeness (QED) is 0.854. The van der Waals surface area contributed by atoms with Gasteiger partial charge in [-0.15, -0.1) is 10.2 Å². The van der Waals surface area contributed by atoms with Crippen molar-refractivity contribution in [1.29, 1.82) is 0 Å². The van der Waals surface area contributed by atoms with E-state index in [-0.39, 0.29) is 0 Å². The summed E-state index contributed by atoms with van der Waals surface area (Å²) in [5.41, 5.74) is 0. The Morgan fingerprint density at radius 3 is 2.63 bits per heavy atom. The fraction of sp³-hybridized carbons (Fsp3) is 0.929. The van der Waals surface area contributed by atoms with E-state index in [1.807, 2.05) is 7.05 Å². The first-order valence-electron chi connectivity index (χ1n) is 7.65.